The first-order chi connectivity index (χ1) is 8.09. The molecule has 0 aromatic carbocycles. The molecule has 0 saturated heterocycles. The Labute approximate surface area is 106 Å². The highest BCUT2D eigenvalue weighted by molar-refractivity contribution is 7.15. The lowest BCUT2D eigenvalue weighted by Gasteiger charge is -2.13. The lowest BCUT2D eigenvalue weighted by atomic mass is 10.2. The van der Waals surface area contributed by atoms with E-state index in [-0.39, 0.29) is 0 Å². The van der Waals surface area contributed by atoms with E-state index in [4.69, 9.17) is 0 Å². The quantitative estimate of drug-likeness (QED) is 0.885. The third-order valence-corrected chi connectivity index (χ3v) is 3.37. The van der Waals surface area contributed by atoms with Gasteiger partial charge in [-0.3, -0.25) is 4.40 Å². The van der Waals surface area contributed by atoms with Crippen LogP contribution in [0.4, 0.5) is 5.82 Å². The Balaban J connectivity index is 2.22. The van der Waals surface area contributed by atoms with Crippen LogP contribution in [0.25, 0.3) is 4.96 Å². The molecule has 0 bridgehead atoms. The van der Waals surface area contributed by atoms with Crippen molar-refractivity contribution in [3.63, 3.8) is 0 Å². The summed E-state index contributed by atoms with van der Waals surface area (Å²) in [7, 11) is 4.08. The molecule has 0 atom stereocenters. The third-order valence-electron chi connectivity index (χ3n) is 2.61. The molecule has 4 nitrogen and oxygen atoms in total. The SMILES string of the molecule is CC(C)CNCc1c(N(C)C)nc2sccn12. The fourth-order valence-corrected chi connectivity index (χ4v) is 2.55. The van der Waals surface area contributed by atoms with Gasteiger partial charge < -0.3 is 10.2 Å². The standard InChI is InChI=1S/C12H20N4S/c1-9(2)7-13-8-10-11(15(3)4)14-12-16(10)5-6-17-12/h5-6,9,13H,7-8H2,1-4H3. The van der Waals surface area contributed by atoms with Crippen molar-refractivity contribution in [2.24, 2.45) is 5.92 Å². The van der Waals surface area contributed by atoms with Crippen LogP contribution in [0.15, 0.2) is 11.6 Å². The predicted molar refractivity (Wildman–Crippen MR) is 73.9 cm³/mol. The first-order valence-electron chi connectivity index (χ1n) is 5.92. The number of rotatable bonds is 5. The second kappa shape index (κ2) is 5.06. The summed E-state index contributed by atoms with van der Waals surface area (Å²) in [5, 5.41) is 5.56. The maximum Gasteiger partial charge on any atom is 0.195 e. The molecule has 0 fully saturated rings. The zero-order chi connectivity index (χ0) is 12.4. The molecule has 2 aromatic heterocycles. The zero-order valence-electron chi connectivity index (χ0n) is 10.9. The van der Waals surface area contributed by atoms with Gasteiger partial charge in [-0.15, -0.1) is 11.3 Å². The summed E-state index contributed by atoms with van der Waals surface area (Å²) in [6.07, 6.45) is 2.09. The van der Waals surface area contributed by atoms with Gasteiger partial charge in [-0.25, -0.2) is 4.98 Å². The molecule has 17 heavy (non-hydrogen) atoms. The molecule has 0 spiro atoms. The van der Waals surface area contributed by atoms with Crippen LogP contribution < -0.4 is 10.2 Å². The van der Waals surface area contributed by atoms with Gasteiger partial charge in [0.1, 0.15) is 0 Å². The summed E-state index contributed by atoms with van der Waals surface area (Å²) < 4.78 is 2.17. The Morgan fingerprint density at radius 1 is 1.47 bits per heavy atom. The van der Waals surface area contributed by atoms with Crippen LogP contribution in [-0.2, 0) is 6.54 Å². The molecule has 94 valence electrons. The van der Waals surface area contributed by atoms with Gasteiger partial charge in [-0.05, 0) is 12.5 Å². The summed E-state index contributed by atoms with van der Waals surface area (Å²) in [4.78, 5) is 7.78. The lowest BCUT2D eigenvalue weighted by molar-refractivity contribution is 0.547. The van der Waals surface area contributed by atoms with Crippen LogP contribution in [0.3, 0.4) is 0 Å². The maximum absolute atomic E-state index is 4.64. The van der Waals surface area contributed by atoms with Crippen LogP contribution in [0, 0.1) is 5.92 Å². The first kappa shape index (κ1) is 12.4. The van der Waals surface area contributed by atoms with Gasteiger partial charge in [0.15, 0.2) is 10.8 Å². The average Bonchev–Trinajstić information content (AvgIpc) is 2.78. The molecule has 1 N–H and O–H groups in total. The zero-order valence-corrected chi connectivity index (χ0v) is 11.7. The highest BCUT2D eigenvalue weighted by atomic mass is 32.1. The normalized spacial score (nSPS) is 11.6. The summed E-state index contributed by atoms with van der Waals surface area (Å²) in [5.74, 6) is 1.73. The Bertz CT molecular complexity index is 484. The van der Waals surface area contributed by atoms with Crippen molar-refractivity contribution in [1.29, 1.82) is 0 Å². The highest BCUT2D eigenvalue weighted by Crippen LogP contribution is 2.23. The molecule has 0 unspecified atom stereocenters. The highest BCUT2D eigenvalue weighted by Gasteiger charge is 2.14. The summed E-state index contributed by atoms with van der Waals surface area (Å²) in [6.45, 7) is 6.33. The molecule has 0 aliphatic carbocycles. The Kier molecular flexibility index (Phi) is 3.69. The van der Waals surface area contributed by atoms with Crippen LogP contribution in [0.5, 0.6) is 0 Å². The van der Waals surface area contributed by atoms with E-state index < -0.39 is 0 Å². The fraction of sp³-hybridized carbons (Fsp3) is 0.583. The fourth-order valence-electron chi connectivity index (χ4n) is 1.82. The van der Waals surface area contributed by atoms with Gasteiger partial charge in [0.05, 0.1) is 5.69 Å². The van der Waals surface area contributed by atoms with Gasteiger partial charge in [0.2, 0.25) is 0 Å². The number of hydrogen-bond acceptors (Lipinski definition) is 4. The minimum atomic E-state index is 0.670. The van der Waals surface area contributed by atoms with Crippen LogP contribution in [0.2, 0.25) is 0 Å². The predicted octanol–water partition coefficient (Wildman–Crippen LogP) is 2.21. The molecule has 0 amide bonds. The van der Waals surface area contributed by atoms with Gasteiger partial charge in [-0.1, -0.05) is 13.8 Å². The van der Waals surface area contributed by atoms with E-state index in [9.17, 15) is 0 Å². The summed E-state index contributed by atoms with van der Waals surface area (Å²) >= 11 is 1.68. The van der Waals surface area contributed by atoms with E-state index in [1.807, 2.05) is 14.1 Å². The molecule has 2 rings (SSSR count). The molecule has 2 heterocycles. The molecule has 0 radical (unpaired) electrons. The number of imidazole rings is 1. The van der Waals surface area contributed by atoms with Crippen molar-refractivity contribution >= 4 is 22.1 Å². The summed E-state index contributed by atoms with van der Waals surface area (Å²) in [5.41, 5.74) is 1.24. The second-order valence-corrected chi connectivity index (χ2v) is 5.73. The van der Waals surface area contributed by atoms with Crippen LogP contribution >= 0.6 is 11.3 Å². The van der Waals surface area contributed by atoms with Gasteiger partial charge in [-0.2, -0.15) is 0 Å². The number of nitrogens with zero attached hydrogens (tertiary/aromatic N) is 3. The van der Waals surface area contributed by atoms with Crippen LogP contribution in [0.1, 0.15) is 19.5 Å². The number of anilines is 1. The molecular weight excluding hydrogens is 232 g/mol. The Morgan fingerprint density at radius 3 is 2.88 bits per heavy atom. The van der Waals surface area contributed by atoms with Crippen molar-refractivity contribution in [3.8, 4) is 0 Å². The van der Waals surface area contributed by atoms with Crippen molar-refractivity contribution in [3.05, 3.63) is 17.3 Å². The smallest absolute Gasteiger partial charge is 0.195 e. The van der Waals surface area contributed by atoms with E-state index in [1.54, 1.807) is 11.3 Å². The maximum atomic E-state index is 4.64. The number of thiazole rings is 1. The minimum Gasteiger partial charge on any atom is -0.361 e. The number of hydrogen-bond donors (Lipinski definition) is 1. The molecule has 2 aromatic rings. The second-order valence-electron chi connectivity index (χ2n) is 4.86. The molecule has 0 aliphatic rings. The molecule has 0 saturated carbocycles. The van der Waals surface area contributed by atoms with Crippen molar-refractivity contribution < 1.29 is 0 Å². The Hall–Kier alpha value is -1.07. The lowest BCUT2D eigenvalue weighted by Crippen LogP contribution is -2.21. The third kappa shape index (κ3) is 2.61. The summed E-state index contributed by atoms with van der Waals surface area (Å²) in [6, 6.07) is 0. The van der Waals surface area contributed by atoms with E-state index in [0.717, 1.165) is 23.9 Å². The van der Waals surface area contributed by atoms with E-state index in [2.05, 4.69) is 45.0 Å². The monoisotopic (exact) mass is 252 g/mol. The van der Waals surface area contributed by atoms with E-state index in [0.29, 0.717) is 5.92 Å². The van der Waals surface area contributed by atoms with Gasteiger partial charge in [0.25, 0.3) is 0 Å². The van der Waals surface area contributed by atoms with E-state index >= 15 is 0 Å². The minimum absolute atomic E-state index is 0.670. The van der Waals surface area contributed by atoms with Crippen LogP contribution in [-0.4, -0.2) is 30.0 Å². The largest absolute Gasteiger partial charge is 0.361 e. The topological polar surface area (TPSA) is 32.6 Å². The number of fused-ring (bicyclic) bond motifs is 1. The number of nitrogens with one attached hydrogen (secondary N) is 1. The molecular formula is C12H20N4S. The molecule has 5 heteroatoms. The van der Waals surface area contributed by atoms with Crippen molar-refractivity contribution in [2.75, 3.05) is 25.5 Å². The van der Waals surface area contributed by atoms with Gasteiger partial charge in [0, 0.05) is 32.2 Å². The van der Waals surface area contributed by atoms with E-state index in [1.165, 1.54) is 5.69 Å². The molecule has 0 aliphatic heterocycles. The Morgan fingerprint density at radius 2 is 2.24 bits per heavy atom. The average molecular weight is 252 g/mol. The van der Waals surface area contributed by atoms with Crippen molar-refractivity contribution in [1.82, 2.24) is 14.7 Å². The number of aromatic nitrogens is 2. The van der Waals surface area contributed by atoms with Crippen molar-refractivity contribution in [2.45, 2.75) is 20.4 Å². The first-order valence-corrected chi connectivity index (χ1v) is 6.80. The van der Waals surface area contributed by atoms with Gasteiger partial charge >= 0.3 is 0 Å².